The summed E-state index contributed by atoms with van der Waals surface area (Å²) in [6.07, 6.45) is -5.45. The highest BCUT2D eigenvalue weighted by Gasteiger charge is 2.32. The van der Waals surface area contributed by atoms with E-state index in [4.69, 9.17) is 4.74 Å². The summed E-state index contributed by atoms with van der Waals surface area (Å²) in [4.78, 5) is 36.7. The van der Waals surface area contributed by atoms with E-state index in [-0.39, 0.29) is 13.1 Å². The lowest BCUT2D eigenvalue weighted by Crippen LogP contribution is -2.52. The van der Waals surface area contributed by atoms with Gasteiger partial charge in [0.1, 0.15) is 12.3 Å². The van der Waals surface area contributed by atoms with Crippen molar-refractivity contribution >= 4 is 23.5 Å². The number of anilines is 1. The number of ether oxygens (including phenoxy) is 1. The lowest BCUT2D eigenvalue weighted by molar-refractivity contribution is -0.127. The molecule has 3 N–H and O–H groups in total. The van der Waals surface area contributed by atoms with Crippen LogP contribution in [0.25, 0.3) is 0 Å². The third-order valence-electron chi connectivity index (χ3n) is 3.44. The van der Waals surface area contributed by atoms with E-state index in [1.807, 2.05) is 5.32 Å². The SMILES string of the molecule is CNC(=O)[C@@H]1CN(CC(=O)NC(=O)NCC(F)(F)F)c2ccccc2O1. The number of nitrogens with one attached hydrogen (secondary N) is 3. The molecular weight excluding hydrogens is 357 g/mol. The molecule has 0 aliphatic carbocycles. The third kappa shape index (κ3) is 5.26. The van der Waals surface area contributed by atoms with E-state index in [0.717, 1.165) is 0 Å². The average Bonchev–Trinajstić information content (AvgIpc) is 2.58. The Hall–Kier alpha value is -2.98. The molecule has 0 saturated heterocycles. The first kappa shape index (κ1) is 19.3. The monoisotopic (exact) mass is 374 g/mol. The zero-order valence-corrected chi connectivity index (χ0v) is 13.7. The number of carbonyl (C=O) groups excluding carboxylic acids is 3. The minimum absolute atomic E-state index is 0.0360. The molecule has 0 aromatic heterocycles. The van der Waals surface area contributed by atoms with Gasteiger partial charge in [0.25, 0.3) is 5.91 Å². The standard InChI is InChI=1S/C15H17F3N4O4/c1-19-13(24)11-6-22(9-4-2-3-5-10(9)26-11)7-12(23)21-14(25)20-8-15(16,17)18/h2-5,11H,6-8H2,1H3,(H,19,24)(H2,20,21,23,25)/t11-/m0/s1. The van der Waals surface area contributed by atoms with Crippen LogP contribution in [0.2, 0.25) is 0 Å². The molecule has 0 saturated carbocycles. The number of benzene rings is 1. The molecule has 0 radical (unpaired) electrons. The predicted octanol–water partition coefficient (Wildman–Crippen LogP) is 0.388. The second-order valence-electron chi connectivity index (χ2n) is 5.42. The molecule has 142 valence electrons. The molecule has 8 nitrogen and oxygen atoms in total. The van der Waals surface area contributed by atoms with Crippen molar-refractivity contribution in [2.75, 3.05) is 31.6 Å². The summed E-state index contributed by atoms with van der Waals surface area (Å²) < 4.78 is 41.7. The number of hydrogen-bond donors (Lipinski definition) is 3. The van der Waals surface area contributed by atoms with Crippen LogP contribution >= 0.6 is 0 Å². The number of carbonyl (C=O) groups is 3. The van der Waals surface area contributed by atoms with Gasteiger partial charge in [0.2, 0.25) is 5.91 Å². The molecule has 26 heavy (non-hydrogen) atoms. The van der Waals surface area contributed by atoms with E-state index >= 15 is 0 Å². The smallest absolute Gasteiger partial charge is 0.405 e. The summed E-state index contributed by atoms with van der Waals surface area (Å²) in [5.74, 6) is -0.841. The Morgan fingerprint density at radius 2 is 1.96 bits per heavy atom. The number of fused-ring (bicyclic) bond motifs is 1. The van der Waals surface area contributed by atoms with Gasteiger partial charge in [0, 0.05) is 7.05 Å². The highest BCUT2D eigenvalue weighted by Crippen LogP contribution is 2.32. The molecule has 0 unspecified atom stereocenters. The van der Waals surface area contributed by atoms with Gasteiger partial charge in [-0.2, -0.15) is 13.2 Å². The van der Waals surface area contributed by atoms with Gasteiger partial charge in [0.15, 0.2) is 6.10 Å². The topological polar surface area (TPSA) is 99.8 Å². The molecule has 4 amide bonds. The van der Waals surface area contributed by atoms with Crippen molar-refractivity contribution in [2.45, 2.75) is 12.3 Å². The molecule has 1 aliphatic rings. The second kappa shape index (κ2) is 7.93. The average molecular weight is 374 g/mol. The predicted molar refractivity (Wildman–Crippen MR) is 84.7 cm³/mol. The number of halogens is 3. The van der Waals surface area contributed by atoms with Gasteiger partial charge in [-0.05, 0) is 12.1 Å². The van der Waals surface area contributed by atoms with Gasteiger partial charge < -0.3 is 20.3 Å². The number of hydrogen-bond acceptors (Lipinski definition) is 5. The van der Waals surface area contributed by atoms with Gasteiger partial charge in [0.05, 0.1) is 18.8 Å². The molecule has 0 spiro atoms. The number of urea groups is 1. The zero-order valence-electron chi connectivity index (χ0n) is 13.7. The maximum absolute atomic E-state index is 12.1. The minimum Gasteiger partial charge on any atom is -0.477 e. The molecule has 2 rings (SSSR count). The number of imide groups is 1. The van der Waals surface area contributed by atoms with Crippen molar-refractivity contribution in [1.82, 2.24) is 16.0 Å². The van der Waals surface area contributed by atoms with Gasteiger partial charge in [-0.1, -0.05) is 12.1 Å². The minimum atomic E-state index is -4.58. The molecule has 1 heterocycles. The van der Waals surface area contributed by atoms with Crippen LogP contribution in [0.5, 0.6) is 5.75 Å². The van der Waals surface area contributed by atoms with E-state index in [1.165, 1.54) is 11.9 Å². The van der Waals surface area contributed by atoms with Crippen molar-refractivity contribution in [2.24, 2.45) is 0 Å². The number of likely N-dealkylation sites (N-methyl/N-ethyl adjacent to an activating group) is 1. The van der Waals surface area contributed by atoms with Crippen LogP contribution in [0.3, 0.4) is 0 Å². The number of para-hydroxylation sites is 2. The second-order valence-corrected chi connectivity index (χ2v) is 5.42. The molecule has 1 aromatic rings. The molecule has 1 aliphatic heterocycles. The van der Waals surface area contributed by atoms with Crippen LogP contribution in [0, 0.1) is 0 Å². The van der Waals surface area contributed by atoms with Crippen LogP contribution in [-0.4, -0.2) is 56.8 Å². The van der Waals surface area contributed by atoms with Gasteiger partial charge in [-0.15, -0.1) is 0 Å². The summed E-state index contributed by atoms with van der Waals surface area (Å²) in [6.45, 7) is -1.85. The highest BCUT2D eigenvalue weighted by atomic mass is 19.4. The quantitative estimate of drug-likeness (QED) is 0.708. The summed E-state index contributed by atoms with van der Waals surface area (Å²) in [6, 6.07) is 5.41. The zero-order chi connectivity index (χ0) is 19.3. The van der Waals surface area contributed by atoms with Crippen molar-refractivity contribution < 1.29 is 32.3 Å². The van der Waals surface area contributed by atoms with Crippen molar-refractivity contribution in [1.29, 1.82) is 0 Å². The van der Waals surface area contributed by atoms with E-state index < -0.39 is 36.7 Å². The first-order chi connectivity index (χ1) is 12.2. The number of alkyl halides is 3. The van der Waals surface area contributed by atoms with E-state index in [9.17, 15) is 27.6 Å². The molecule has 0 fully saturated rings. The fraction of sp³-hybridized carbons (Fsp3) is 0.400. The molecule has 0 bridgehead atoms. The van der Waals surface area contributed by atoms with Gasteiger partial charge in [-0.25, -0.2) is 4.79 Å². The Morgan fingerprint density at radius 3 is 2.62 bits per heavy atom. The maximum Gasteiger partial charge on any atom is 0.405 e. The van der Waals surface area contributed by atoms with Crippen LogP contribution in [-0.2, 0) is 9.59 Å². The normalized spacial score (nSPS) is 16.2. The Bertz CT molecular complexity index is 696. The third-order valence-corrected chi connectivity index (χ3v) is 3.44. The van der Waals surface area contributed by atoms with Crippen LogP contribution in [0.1, 0.15) is 0 Å². The van der Waals surface area contributed by atoms with E-state index in [1.54, 1.807) is 29.6 Å². The first-order valence-electron chi connectivity index (χ1n) is 7.56. The van der Waals surface area contributed by atoms with Crippen LogP contribution in [0.4, 0.5) is 23.7 Å². The fourth-order valence-electron chi connectivity index (χ4n) is 2.32. The molecule has 1 aromatic carbocycles. The van der Waals surface area contributed by atoms with E-state index in [0.29, 0.717) is 11.4 Å². The maximum atomic E-state index is 12.1. The largest absolute Gasteiger partial charge is 0.477 e. The summed E-state index contributed by atoms with van der Waals surface area (Å²) in [5, 5.41) is 5.80. The Morgan fingerprint density at radius 1 is 1.27 bits per heavy atom. The number of nitrogens with zero attached hydrogens (tertiary/aromatic N) is 1. The van der Waals surface area contributed by atoms with E-state index in [2.05, 4.69) is 5.32 Å². The molecule has 1 atom stereocenters. The number of rotatable bonds is 4. The Labute approximate surface area is 146 Å². The number of amides is 4. The fourth-order valence-corrected chi connectivity index (χ4v) is 2.32. The lowest BCUT2D eigenvalue weighted by atomic mass is 10.1. The highest BCUT2D eigenvalue weighted by molar-refractivity contribution is 5.97. The van der Waals surface area contributed by atoms with Crippen LogP contribution in [0.15, 0.2) is 24.3 Å². The first-order valence-corrected chi connectivity index (χ1v) is 7.56. The lowest BCUT2D eigenvalue weighted by Gasteiger charge is -2.34. The summed E-state index contributed by atoms with van der Waals surface area (Å²) in [5.41, 5.74) is 0.526. The Balaban J connectivity index is 2.01. The molecule has 11 heteroatoms. The van der Waals surface area contributed by atoms with Crippen LogP contribution < -0.4 is 25.6 Å². The Kier molecular flexibility index (Phi) is 5.90. The van der Waals surface area contributed by atoms with Gasteiger partial charge in [-0.3, -0.25) is 14.9 Å². The van der Waals surface area contributed by atoms with Crippen molar-refractivity contribution in [3.8, 4) is 5.75 Å². The van der Waals surface area contributed by atoms with Crippen molar-refractivity contribution in [3.63, 3.8) is 0 Å². The van der Waals surface area contributed by atoms with Crippen molar-refractivity contribution in [3.05, 3.63) is 24.3 Å². The van der Waals surface area contributed by atoms with Gasteiger partial charge >= 0.3 is 12.2 Å². The molecular formula is C15H17F3N4O4. The summed E-state index contributed by atoms with van der Waals surface area (Å²) >= 11 is 0. The summed E-state index contributed by atoms with van der Waals surface area (Å²) in [7, 11) is 1.44.